The molecule has 0 aromatic rings. The molecule has 1 aliphatic rings. The van der Waals surface area contributed by atoms with Gasteiger partial charge in [0.05, 0.1) is 25.4 Å². The molecule has 9 nitrogen and oxygen atoms in total. The SMILES string of the molecule is CC/C=C\C/C=C\C/C=C\C/C=C\C/C=C\C/C=C\C/C=C\CCCCCCCCCCCCCC(=O)NC(COC1OC(CO)C(O)C(O)C1O)C(O)/C=C/CCCCCCCCCCCCCCCCCCCCC. The van der Waals surface area contributed by atoms with Gasteiger partial charge in [0, 0.05) is 6.42 Å². The number of aliphatic hydroxyl groups excluding tert-OH is 5. The summed E-state index contributed by atoms with van der Waals surface area (Å²) in [4.78, 5) is 13.1. The molecular weight excluding hydrogens is 959 g/mol. The van der Waals surface area contributed by atoms with Crippen molar-refractivity contribution < 1.29 is 39.8 Å². The fourth-order valence-electron chi connectivity index (χ4n) is 9.67. The topological polar surface area (TPSA) is 149 Å². The van der Waals surface area contributed by atoms with Crippen LogP contribution in [0.4, 0.5) is 0 Å². The lowest BCUT2D eigenvalue weighted by molar-refractivity contribution is -0.302. The summed E-state index contributed by atoms with van der Waals surface area (Å²) < 4.78 is 11.3. The first-order chi connectivity index (χ1) is 37.8. The number of carbonyl (C=O) groups is 1. The van der Waals surface area contributed by atoms with Gasteiger partial charge in [-0.2, -0.15) is 0 Å². The molecule has 0 aromatic carbocycles. The molecule has 1 fully saturated rings. The summed E-state index contributed by atoms with van der Waals surface area (Å²) in [5.74, 6) is -0.181. The molecule has 6 N–H and O–H groups in total. The minimum Gasteiger partial charge on any atom is -0.394 e. The van der Waals surface area contributed by atoms with E-state index in [1.165, 1.54) is 161 Å². The monoisotopic (exact) mass is 1080 g/mol. The highest BCUT2D eigenvalue weighted by Crippen LogP contribution is 2.23. The summed E-state index contributed by atoms with van der Waals surface area (Å²) >= 11 is 0. The number of ether oxygens (including phenoxy) is 2. The maximum Gasteiger partial charge on any atom is 0.220 e. The molecule has 1 saturated heterocycles. The number of unbranched alkanes of at least 4 members (excludes halogenated alkanes) is 30. The third-order valence-electron chi connectivity index (χ3n) is 14.7. The van der Waals surface area contributed by atoms with Crippen LogP contribution < -0.4 is 5.32 Å². The summed E-state index contributed by atoms with van der Waals surface area (Å²) in [5, 5.41) is 54.7. The summed E-state index contributed by atoms with van der Waals surface area (Å²) in [6.45, 7) is 3.68. The molecule has 7 atom stereocenters. The van der Waals surface area contributed by atoms with Crippen LogP contribution in [0.5, 0.6) is 0 Å². The Bertz CT molecular complexity index is 1530. The van der Waals surface area contributed by atoms with E-state index in [0.29, 0.717) is 6.42 Å². The van der Waals surface area contributed by atoms with Crippen LogP contribution in [0.1, 0.15) is 271 Å². The van der Waals surface area contributed by atoms with Gasteiger partial charge in [0.2, 0.25) is 5.91 Å². The van der Waals surface area contributed by atoms with Crippen molar-refractivity contribution in [2.24, 2.45) is 0 Å². The van der Waals surface area contributed by atoms with Crippen molar-refractivity contribution in [2.45, 2.75) is 314 Å². The third kappa shape index (κ3) is 45.5. The molecule has 9 heteroatoms. The molecule has 1 aliphatic heterocycles. The number of nitrogens with one attached hydrogen (secondary N) is 1. The number of rotatable bonds is 54. The fourth-order valence-corrected chi connectivity index (χ4v) is 9.67. The molecule has 7 unspecified atom stereocenters. The van der Waals surface area contributed by atoms with Gasteiger partial charge in [-0.15, -0.1) is 0 Å². The first kappa shape index (κ1) is 72.1. The van der Waals surface area contributed by atoms with E-state index in [9.17, 15) is 30.3 Å². The first-order valence-corrected chi connectivity index (χ1v) is 32.0. The third-order valence-corrected chi connectivity index (χ3v) is 14.7. The van der Waals surface area contributed by atoms with E-state index in [-0.39, 0.29) is 12.5 Å². The van der Waals surface area contributed by atoms with E-state index in [1.54, 1.807) is 6.08 Å². The van der Waals surface area contributed by atoms with Crippen LogP contribution in [0.15, 0.2) is 97.2 Å². The van der Waals surface area contributed by atoms with E-state index in [4.69, 9.17) is 9.47 Å². The van der Waals surface area contributed by atoms with Crippen molar-refractivity contribution >= 4 is 5.91 Å². The van der Waals surface area contributed by atoms with Crippen LogP contribution >= 0.6 is 0 Å². The Hall–Kier alpha value is -2.89. The van der Waals surface area contributed by atoms with Gasteiger partial charge in [-0.05, 0) is 77.0 Å². The van der Waals surface area contributed by atoms with Gasteiger partial charge in [-0.3, -0.25) is 4.79 Å². The Morgan fingerprint density at radius 1 is 0.455 bits per heavy atom. The molecule has 444 valence electrons. The average Bonchev–Trinajstić information content (AvgIpc) is 3.43. The number of hydrogen-bond donors (Lipinski definition) is 6. The van der Waals surface area contributed by atoms with Crippen molar-refractivity contribution in [1.29, 1.82) is 0 Å². The largest absolute Gasteiger partial charge is 0.394 e. The van der Waals surface area contributed by atoms with Crippen LogP contribution in [0, 0.1) is 0 Å². The van der Waals surface area contributed by atoms with Crippen LogP contribution in [0.2, 0.25) is 0 Å². The molecule has 1 heterocycles. The summed E-state index contributed by atoms with van der Waals surface area (Å²) in [5.41, 5.74) is 0. The molecular formula is C68H119NO8. The van der Waals surface area contributed by atoms with Crippen molar-refractivity contribution in [1.82, 2.24) is 5.32 Å². The van der Waals surface area contributed by atoms with Gasteiger partial charge in [0.15, 0.2) is 6.29 Å². The second kappa shape index (κ2) is 56.4. The Kier molecular flexibility index (Phi) is 52.8. The first-order valence-electron chi connectivity index (χ1n) is 32.0. The second-order valence-corrected chi connectivity index (χ2v) is 21.8. The van der Waals surface area contributed by atoms with Gasteiger partial charge in [0.25, 0.3) is 0 Å². The maximum atomic E-state index is 13.1. The van der Waals surface area contributed by atoms with Gasteiger partial charge in [-0.1, -0.05) is 284 Å². The quantitative estimate of drug-likeness (QED) is 0.0261. The van der Waals surface area contributed by atoms with Crippen LogP contribution in [-0.4, -0.2) is 87.5 Å². The zero-order valence-corrected chi connectivity index (χ0v) is 49.4. The van der Waals surface area contributed by atoms with Crippen molar-refractivity contribution in [3.8, 4) is 0 Å². The minimum atomic E-state index is -1.57. The Balaban J connectivity index is 2.18. The molecule has 1 rings (SSSR count). The number of carbonyl (C=O) groups excluding carboxylic acids is 1. The zero-order chi connectivity index (χ0) is 55.8. The molecule has 0 bridgehead atoms. The Morgan fingerprint density at radius 3 is 1.19 bits per heavy atom. The van der Waals surface area contributed by atoms with Gasteiger partial charge in [0.1, 0.15) is 24.4 Å². The van der Waals surface area contributed by atoms with E-state index >= 15 is 0 Å². The number of hydrogen-bond acceptors (Lipinski definition) is 8. The predicted molar refractivity (Wildman–Crippen MR) is 327 cm³/mol. The van der Waals surface area contributed by atoms with E-state index in [1.807, 2.05) is 6.08 Å². The minimum absolute atomic E-state index is 0.181. The van der Waals surface area contributed by atoms with Crippen molar-refractivity contribution in [2.75, 3.05) is 13.2 Å². The lowest BCUT2D eigenvalue weighted by atomic mass is 9.99. The molecule has 0 radical (unpaired) electrons. The van der Waals surface area contributed by atoms with Crippen molar-refractivity contribution in [3.05, 3.63) is 97.2 Å². The highest BCUT2D eigenvalue weighted by molar-refractivity contribution is 5.76. The number of amides is 1. The lowest BCUT2D eigenvalue weighted by Crippen LogP contribution is -2.60. The number of allylic oxidation sites excluding steroid dienone is 15. The molecule has 0 aromatic heterocycles. The second-order valence-electron chi connectivity index (χ2n) is 21.8. The predicted octanol–water partition coefficient (Wildman–Crippen LogP) is 16.7. The molecule has 0 saturated carbocycles. The van der Waals surface area contributed by atoms with Crippen molar-refractivity contribution in [3.63, 3.8) is 0 Å². The standard InChI is InChI=1S/C68H119NO8/c1-3-5-7-9-11-13-15-17-19-21-23-25-26-27-28-29-30-31-32-33-34-35-36-38-40-42-44-46-48-50-52-54-56-58-64(72)69-61(60-76-68-67(75)66(74)65(73)63(59-70)77-68)62(71)57-55-53-51-49-47-45-43-41-39-37-24-22-20-18-16-14-12-10-8-6-4-2/h5,7,11,13,17,19,23,25,27-28,30-31,33-34,55,57,61-63,65-68,70-71,73-75H,3-4,6,8-10,12,14-16,18,20-22,24,26,29,32,35-54,56,58-60H2,1-2H3,(H,69,72)/b7-5-,13-11-,19-17-,25-23-,28-27-,31-30-,34-33-,57-55+. The summed E-state index contributed by atoms with van der Waals surface area (Å²) in [7, 11) is 0. The van der Waals surface area contributed by atoms with E-state index < -0.39 is 49.5 Å². The van der Waals surface area contributed by atoms with Crippen LogP contribution in [0.25, 0.3) is 0 Å². The zero-order valence-electron chi connectivity index (χ0n) is 49.4. The van der Waals surface area contributed by atoms with E-state index in [0.717, 1.165) is 89.9 Å². The van der Waals surface area contributed by atoms with E-state index in [2.05, 4.69) is 104 Å². The van der Waals surface area contributed by atoms with Gasteiger partial charge in [-0.25, -0.2) is 0 Å². The molecule has 0 aliphatic carbocycles. The smallest absolute Gasteiger partial charge is 0.220 e. The Labute approximate surface area is 473 Å². The highest BCUT2D eigenvalue weighted by Gasteiger charge is 2.44. The number of aliphatic hydroxyl groups is 5. The maximum absolute atomic E-state index is 13.1. The average molecular weight is 1080 g/mol. The lowest BCUT2D eigenvalue weighted by Gasteiger charge is -2.40. The molecule has 0 spiro atoms. The normalized spacial score (nSPS) is 19.4. The fraction of sp³-hybridized carbons (Fsp3) is 0.750. The van der Waals surface area contributed by atoms with Gasteiger partial charge < -0.3 is 40.3 Å². The summed E-state index contributed by atoms with van der Waals surface area (Å²) in [6, 6.07) is -0.813. The molecule has 77 heavy (non-hydrogen) atoms. The van der Waals surface area contributed by atoms with Crippen LogP contribution in [0.3, 0.4) is 0 Å². The molecule has 1 amide bonds. The highest BCUT2D eigenvalue weighted by atomic mass is 16.7. The van der Waals surface area contributed by atoms with Gasteiger partial charge >= 0.3 is 0 Å². The Morgan fingerprint density at radius 2 is 0.805 bits per heavy atom. The summed E-state index contributed by atoms with van der Waals surface area (Å²) in [6.07, 6.45) is 74.8. The van der Waals surface area contributed by atoms with Crippen LogP contribution in [-0.2, 0) is 14.3 Å².